The summed E-state index contributed by atoms with van der Waals surface area (Å²) in [6.45, 7) is -0.0685. The fourth-order valence-corrected chi connectivity index (χ4v) is 3.93. The first-order valence-corrected chi connectivity index (χ1v) is 10.1. The highest BCUT2D eigenvalue weighted by atomic mass is 19.4. The molecule has 0 N–H and O–H groups in total. The predicted molar refractivity (Wildman–Crippen MR) is 105 cm³/mol. The maximum Gasteiger partial charge on any atom is 0.418 e. The van der Waals surface area contributed by atoms with Crippen LogP contribution in [0.4, 0.5) is 26.3 Å². The van der Waals surface area contributed by atoms with Crippen molar-refractivity contribution in [2.45, 2.75) is 37.7 Å². The van der Waals surface area contributed by atoms with Crippen LogP contribution in [0, 0.1) is 11.3 Å². The van der Waals surface area contributed by atoms with E-state index >= 15 is 0 Å². The molecular weight excluding hydrogens is 464 g/mol. The summed E-state index contributed by atoms with van der Waals surface area (Å²) in [5, 5.41) is 12.9. The van der Waals surface area contributed by atoms with Gasteiger partial charge in [-0.2, -0.15) is 36.6 Å². The summed E-state index contributed by atoms with van der Waals surface area (Å²) in [5.74, 6) is -0.129. The van der Waals surface area contributed by atoms with Gasteiger partial charge in [0.05, 0.1) is 29.3 Å². The van der Waals surface area contributed by atoms with Crippen molar-refractivity contribution in [3.8, 4) is 17.7 Å². The lowest BCUT2D eigenvalue weighted by atomic mass is 10.0. The van der Waals surface area contributed by atoms with Crippen LogP contribution in [-0.2, 0) is 18.9 Å². The molecule has 0 spiro atoms. The molecule has 1 aliphatic rings. The summed E-state index contributed by atoms with van der Waals surface area (Å²) < 4.78 is 87.0. The molecule has 0 bridgehead atoms. The van der Waals surface area contributed by atoms with Gasteiger partial charge >= 0.3 is 12.4 Å². The summed E-state index contributed by atoms with van der Waals surface area (Å²) in [6, 6.07) is 7.17. The summed E-state index contributed by atoms with van der Waals surface area (Å²) in [5.41, 5.74) is -1.70. The van der Waals surface area contributed by atoms with Crippen LogP contribution in [0.2, 0.25) is 0 Å². The monoisotopic (exact) mass is 477 g/mol. The third-order valence-corrected chi connectivity index (χ3v) is 5.59. The standard InChI is InChI=1S/C22H13F6N5O/c23-21(24,25)13-5-6-30-15(7-13)20-31-18(32-34-20)10-33-16-4-3-12(9-29)19(22(26,27)28)14(16)8-17(33)11-1-2-11/h3-8,11H,1-2,10H2. The molecule has 3 heterocycles. The van der Waals surface area contributed by atoms with Gasteiger partial charge in [0.1, 0.15) is 5.69 Å². The van der Waals surface area contributed by atoms with Crippen molar-refractivity contribution < 1.29 is 30.9 Å². The maximum atomic E-state index is 13.8. The Labute approximate surface area is 187 Å². The predicted octanol–water partition coefficient (Wildman–Crippen LogP) is 5.92. The molecule has 0 radical (unpaired) electrons. The van der Waals surface area contributed by atoms with Crippen LogP contribution < -0.4 is 0 Å². The Balaban J connectivity index is 1.56. The Kier molecular flexibility index (Phi) is 4.89. The number of alkyl halides is 6. The van der Waals surface area contributed by atoms with Crippen molar-refractivity contribution in [2.24, 2.45) is 0 Å². The van der Waals surface area contributed by atoms with E-state index in [0.717, 1.165) is 37.2 Å². The highest BCUT2D eigenvalue weighted by Crippen LogP contribution is 2.45. The normalized spacial score (nSPS) is 14.5. The van der Waals surface area contributed by atoms with E-state index < -0.39 is 29.0 Å². The number of nitrogens with zero attached hydrogens (tertiary/aromatic N) is 5. The third-order valence-electron chi connectivity index (χ3n) is 5.59. The average Bonchev–Trinajstić information content (AvgIpc) is 3.41. The zero-order valence-corrected chi connectivity index (χ0v) is 17.1. The number of rotatable bonds is 4. The Morgan fingerprint density at radius 1 is 1.06 bits per heavy atom. The van der Waals surface area contributed by atoms with E-state index in [0.29, 0.717) is 5.69 Å². The van der Waals surface area contributed by atoms with Gasteiger partial charge in [-0.05, 0) is 49.1 Å². The fraction of sp³-hybridized carbons (Fsp3) is 0.273. The molecule has 5 rings (SSSR count). The number of aromatic nitrogens is 4. The molecule has 0 atom stereocenters. The van der Waals surface area contributed by atoms with E-state index in [4.69, 9.17) is 4.52 Å². The van der Waals surface area contributed by atoms with Crippen LogP contribution in [-0.4, -0.2) is 19.7 Å². The van der Waals surface area contributed by atoms with Gasteiger partial charge in [-0.15, -0.1) is 0 Å². The van der Waals surface area contributed by atoms with Crippen LogP contribution in [0.15, 0.2) is 41.1 Å². The van der Waals surface area contributed by atoms with Crippen molar-refractivity contribution in [3.05, 3.63) is 64.7 Å². The molecule has 6 nitrogen and oxygen atoms in total. The summed E-state index contributed by atoms with van der Waals surface area (Å²) in [4.78, 5) is 7.95. The lowest BCUT2D eigenvalue weighted by molar-refractivity contribution is -0.138. The number of hydrogen-bond acceptors (Lipinski definition) is 5. The molecule has 34 heavy (non-hydrogen) atoms. The third kappa shape index (κ3) is 3.87. The van der Waals surface area contributed by atoms with Gasteiger partial charge in [0.2, 0.25) is 0 Å². The Hall–Kier alpha value is -3.88. The molecule has 1 saturated carbocycles. The van der Waals surface area contributed by atoms with Gasteiger partial charge < -0.3 is 9.09 Å². The molecule has 1 aliphatic carbocycles. The number of halogens is 6. The van der Waals surface area contributed by atoms with Crippen molar-refractivity contribution in [2.75, 3.05) is 0 Å². The van der Waals surface area contributed by atoms with Crippen molar-refractivity contribution in [1.29, 1.82) is 5.26 Å². The molecule has 3 aromatic heterocycles. The SMILES string of the molecule is N#Cc1ccc2c(cc(C3CC3)n2Cc2noc(-c3cc(C(F)(F)F)ccn3)n2)c1C(F)(F)F. The Morgan fingerprint density at radius 3 is 2.47 bits per heavy atom. The van der Waals surface area contributed by atoms with Crippen LogP contribution in [0.1, 0.15) is 47.0 Å². The zero-order valence-electron chi connectivity index (χ0n) is 17.1. The summed E-state index contributed by atoms with van der Waals surface area (Å²) in [7, 11) is 0. The first-order chi connectivity index (χ1) is 16.1. The minimum atomic E-state index is -4.73. The number of pyridine rings is 1. The molecule has 0 unspecified atom stereocenters. The molecule has 12 heteroatoms. The van der Waals surface area contributed by atoms with Gasteiger partial charge in [0.15, 0.2) is 5.82 Å². The Morgan fingerprint density at radius 2 is 1.82 bits per heavy atom. The van der Waals surface area contributed by atoms with E-state index in [1.165, 1.54) is 12.1 Å². The lowest BCUT2D eigenvalue weighted by Gasteiger charge is -2.11. The molecule has 174 valence electrons. The van der Waals surface area contributed by atoms with Crippen molar-refractivity contribution >= 4 is 10.9 Å². The first-order valence-electron chi connectivity index (χ1n) is 10.1. The number of nitriles is 1. The number of benzene rings is 1. The van der Waals surface area contributed by atoms with E-state index in [1.807, 2.05) is 0 Å². The number of hydrogen-bond donors (Lipinski definition) is 0. The van der Waals surface area contributed by atoms with Crippen molar-refractivity contribution in [3.63, 3.8) is 0 Å². The van der Waals surface area contributed by atoms with E-state index in [9.17, 15) is 31.6 Å². The summed E-state index contributed by atoms with van der Waals surface area (Å²) >= 11 is 0. The zero-order chi connectivity index (χ0) is 24.3. The quantitative estimate of drug-likeness (QED) is 0.341. The fourth-order valence-electron chi connectivity index (χ4n) is 3.93. The van der Waals surface area contributed by atoms with Crippen molar-refractivity contribution in [1.82, 2.24) is 19.7 Å². The van der Waals surface area contributed by atoms with Gasteiger partial charge in [0.25, 0.3) is 5.89 Å². The smallest absolute Gasteiger partial charge is 0.337 e. The maximum absolute atomic E-state index is 13.8. The second-order valence-electron chi connectivity index (χ2n) is 7.90. The van der Waals surface area contributed by atoms with Gasteiger partial charge in [-0.3, -0.25) is 4.98 Å². The van der Waals surface area contributed by atoms with E-state index in [-0.39, 0.29) is 40.8 Å². The molecule has 1 fully saturated rings. The molecule has 1 aromatic carbocycles. The lowest BCUT2D eigenvalue weighted by Crippen LogP contribution is -2.09. The van der Waals surface area contributed by atoms with Gasteiger partial charge in [0, 0.05) is 22.8 Å². The first kappa shape index (κ1) is 21.9. The highest BCUT2D eigenvalue weighted by Gasteiger charge is 2.38. The molecule has 0 aliphatic heterocycles. The molecule has 0 saturated heterocycles. The van der Waals surface area contributed by atoms with Crippen LogP contribution in [0.25, 0.3) is 22.5 Å². The second-order valence-corrected chi connectivity index (χ2v) is 7.90. The largest absolute Gasteiger partial charge is 0.418 e. The van der Waals surface area contributed by atoms with Gasteiger partial charge in [-0.25, -0.2) is 0 Å². The number of fused-ring (bicyclic) bond motifs is 1. The topological polar surface area (TPSA) is 80.5 Å². The average molecular weight is 477 g/mol. The molecule has 0 amide bonds. The second kappa shape index (κ2) is 7.58. The molecule has 4 aromatic rings. The van der Waals surface area contributed by atoms with Gasteiger partial charge in [-0.1, -0.05) is 5.16 Å². The van der Waals surface area contributed by atoms with Crippen LogP contribution in [0.5, 0.6) is 0 Å². The van der Waals surface area contributed by atoms with Crippen LogP contribution >= 0.6 is 0 Å². The minimum absolute atomic E-state index is 0.0514. The highest BCUT2D eigenvalue weighted by molar-refractivity contribution is 5.88. The minimum Gasteiger partial charge on any atom is -0.337 e. The van der Waals surface area contributed by atoms with E-state index in [2.05, 4.69) is 15.1 Å². The van der Waals surface area contributed by atoms with E-state index in [1.54, 1.807) is 10.6 Å². The summed E-state index contributed by atoms with van der Waals surface area (Å²) in [6.07, 6.45) is -6.74. The molecular formula is C22H13F6N5O. The Bertz CT molecular complexity index is 1440. The van der Waals surface area contributed by atoms with Crippen LogP contribution in [0.3, 0.4) is 0 Å².